The van der Waals surface area contributed by atoms with Crippen molar-refractivity contribution in [3.8, 4) is 11.5 Å². The zero-order valence-corrected chi connectivity index (χ0v) is 19.1. The quantitative estimate of drug-likeness (QED) is 0.611. The highest BCUT2D eigenvalue weighted by molar-refractivity contribution is 5.81. The predicted octanol–water partition coefficient (Wildman–Crippen LogP) is 3.60. The lowest BCUT2D eigenvalue weighted by atomic mass is 10.1. The van der Waals surface area contributed by atoms with Gasteiger partial charge in [0.2, 0.25) is 5.91 Å². The molecule has 32 heavy (non-hydrogen) atoms. The average molecular weight is 438 g/mol. The van der Waals surface area contributed by atoms with Crippen LogP contribution in [0.25, 0.3) is 11.0 Å². The number of hydrogen-bond acceptors (Lipinski definition) is 5. The molecule has 4 rings (SSSR count). The smallest absolute Gasteiger partial charge is 0.223 e. The molecular weight excluding hydrogens is 406 g/mol. The summed E-state index contributed by atoms with van der Waals surface area (Å²) in [5, 5.41) is 10.8. The molecule has 1 aliphatic heterocycles. The maximum atomic E-state index is 12.7. The summed E-state index contributed by atoms with van der Waals surface area (Å²) >= 11 is 0. The Bertz CT molecular complexity index is 1100. The van der Waals surface area contributed by atoms with Gasteiger partial charge in [-0.1, -0.05) is 24.3 Å². The van der Waals surface area contributed by atoms with Crippen molar-refractivity contribution in [3.63, 3.8) is 0 Å². The number of aromatic nitrogens is 2. The summed E-state index contributed by atoms with van der Waals surface area (Å²) in [6.45, 7) is 7.22. The lowest BCUT2D eigenvalue weighted by Gasteiger charge is -2.32. The Hall–Kier alpha value is -3.06. The number of benzene rings is 2. The number of rotatable bonds is 7. The highest BCUT2D eigenvalue weighted by Gasteiger charge is 2.39. The zero-order chi connectivity index (χ0) is 22.9. The van der Waals surface area contributed by atoms with Crippen molar-refractivity contribution >= 4 is 16.9 Å². The molecule has 2 heterocycles. The summed E-state index contributed by atoms with van der Waals surface area (Å²) in [5.74, 6) is 2.17. The molecule has 3 aromatic rings. The van der Waals surface area contributed by atoms with Gasteiger partial charge in [-0.2, -0.15) is 0 Å². The maximum absolute atomic E-state index is 12.7. The van der Waals surface area contributed by atoms with Gasteiger partial charge in [0, 0.05) is 24.4 Å². The molecule has 1 amide bonds. The van der Waals surface area contributed by atoms with Crippen LogP contribution in [0.15, 0.2) is 48.5 Å². The van der Waals surface area contributed by atoms with E-state index in [1.165, 1.54) is 0 Å². The minimum Gasteiger partial charge on any atom is -0.493 e. The Morgan fingerprint density at radius 1 is 1.12 bits per heavy atom. The van der Waals surface area contributed by atoms with Gasteiger partial charge < -0.3 is 24.0 Å². The molecule has 0 radical (unpaired) electrons. The largest absolute Gasteiger partial charge is 0.493 e. The summed E-state index contributed by atoms with van der Waals surface area (Å²) < 4.78 is 13.2. The van der Waals surface area contributed by atoms with E-state index < -0.39 is 6.10 Å². The van der Waals surface area contributed by atoms with Gasteiger partial charge in [0.25, 0.3) is 0 Å². The Labute approximate surface area is 188 Å². The Morgan fingerprint density at radius 2 is 1.81 bits per heavy atom. The van der Waals surface area contributed by atoms with Crippen molar-refractivity contribution in [2.24, 2.45) is 0 Å². The number of amides is 1. The standard InChI is InChI=1S/C25H31N3O4/c1-25(2,3)28-14-17(13-23(28)30)24-26-19-9-5-6-10-20(19)27(24)15-18(29)16-32-22-12-8-7-11-21(22)31-4/h5-12,17-18,29H,13-16H2,1-4H3/t17-,18+/m0/s1. The van der Waals surface area contributed by atoms with Gasteiger partial charge in [-0.05, 0) is 45.0 Å². The Morgan fingerprint density at radius 3 is 2.50 bits per heavy atom. The van der Waals surface area contributed by atoms with Gasteiger partial charge in [0.05, 0.1) is 24.7 Å². The minimum absolute atomic E-state index is 0.0172. The van der Waals surface area contributed by atoms with Crippen LogP contribution in [0.2, 0.25) is 0 Å². The van der Waals surface area contributed by atoms with Gasteiger partial charge in [-0.25, -0.2) is 4.98 Å². The molecular formula is C25H31N3O4. The number of methoxy groups -OCH3 is 1. The number of para-hydroxylation sites is 4. The number of aliphatic hydroxyl groups excluding tert-OH is 1. The third-order valence-corrected chi connectivity index (χ3v) is 5.88. The van der Waals surface area contributed by atoms with Crippen molar-refractivity contribution in [2.45, 2.75) is 51.3 Å². The number of aliphatic hydroxyl groups is 1. The average Bonchev–Trinajstić information content (AvgIpc) is 3.33. The van der Waals surface area contributed by atoms with Gasteiger partial charge in [-0.3, -0.25) is 4.79 Å². The summed E-state index contributed by atoms with van der Waals surface area (Å²) in [5.41, 5.74) is 1.58. The van der Waals surface area contributed by atoms with E-state index in [0.29, 0.717) is 31.0 Å². The topological polar surface area (TPSA) is 76.8 Å². The molecule has 1 saturated heterocycles. The SMILES string of the molecule is COc1ccccc1OC[C@H](O)Cn1c([C@H]2CC(=O)N(C(C)(C)C)C2)nc2ccccc21. The van der Waals surface area contributed by atoms with Crippen LogP contribution in [0.4, 0.5) is 0 Å². The second-order valence-electron chi connectivity index (χ2n) is 9.26. The fourth-order valence-electron chi connectivity index (χ4n) is 4.31. The fourth-order valence-corrected chi connectivity index (χ4v) is 4.31. The Kier molecular flexibility index (Phi) is 6.11. The normalized spacial score (nSPS) is 17.7. The van der Waals surface area contributed by atoms with E-state index in [-0.39, 0.29) is 24.0 Å². The second-order valence-corrected chi connectivity index (χ2v) is 9.26. The molecule has 7 nitrogen and oxygen atoms in total. The lowest BCUT2D eigenvalue weighted by molar-refractivity contribution is -0.131. The maximum Gasteiger partial charge on any atom is 0.223 e. The van der Waals surface area contributed by atoms with E-state index in [1.54, 1.807) is 7.11 Å². The highest BCUT2D eigenvalue weighted by atomic mass is 16.5. The molecule has 0 aliphatic carbocycles. The van der Waals surface area contributed by atoms with Crippen LogP contribution in [-0.2, 0) is 11.3 Å². The van der Waals surface area contributed by atoms with Gasteiger partial charge in [0.15, 0.2) is 11.5 Å². The monoisotopic (exact) mass is 437 g/mol. The number of hydrogen-bond donors (Lipinski definition) is 1. The van der Waals surface area contributed by atoms with Crippen LogP contribution in [0, 0.1) is 0 Å². The molecule has 7 heteroatoms. The second kappa shape index (κ2) is 8.82. The first-order chi connectivity index (χ1) is 15.3. The number of carbonyl (C=O) groups excluding carboxylic acids is 1. The van der Waals surface area contributed by atoms with Crippen LogP contribution in [0.3, 0.4) is 0 Å². The fraction of sp³-hybridized carbons (Fsp3) is 0.440. The summed E-state index contributed by atoms with van der Waals surface area (Å²) in [4.78, 5) is 19.5. The third kappa shape index (κ3) is 4.43. The molecule has 0 bridgehead atoms. The molecule has 1 aliphatic rings. The number of ether oxygens (including phenoxy) is 2. The molecule has 1 fully saturated rings. The number of likely N-dealkylation sites (tertiary alicyclic amines) is 1. The first-order valence-electron chi connectivity index (χ1n) is 11.0. The van der Waals surface area contributed by atoms with E-state index in [9.17, 15) is 9.90 Å². The molecule has 2 atom stereocenters. The van der Waals surface area contributed by atoms with Crippen LogP contribution >= 0.6 is 0 Å². The van der Waals surface area contributed by atoms with Gasteiger partial charge >= 0.3 is 0 Å². The van der Waals surface area contributed by atoms with Crippen LogP contribution in [-0.4, -0.2) is 57.4 Å². The van der Waals surface area contributed by atoms with E-state index in [0.717, 1.165) is 16.9 Å². The first-order valence-corrected chi connectivity index (χ1v) is 11.0. The summed E-state index contributed by atoms with van der Waals surface area (Å²) in [6, 6.07) is 15.2. The third-order valence-electron chi connectivity index (χ3n) is 5.88. The van der Waals surface area contributed by atoms with E-state index in [2.05, 4.69) is 20.8 Å². The van der Waals surface area contributed by atoms with Gasteiger partial charge in [0.1, 0.15) is 18.5 Å². The highest BCUT2D eigenvalue weighted by Crippen LogP contribution is 2.34. The van der Waals surface area contributed by atoms with Crippen LogP contribution < -0.4 is 9.47 Å². The summed E-state index contributed by atoms with van der Waals surface area (Å²) in [7, 11) is 1.59. The minimum atomic E-state index is -0.757. The summed E-state index contributed by atoms with van der Waals surface area (Å²) in [6.07, 6.45) is -0.332. The van der Waals surface area contributed by atoms with E-state index in [1.807, 2.05) is 58.0 Å². The van der Waals surface area contributed by atoms with Crippen molar-refractivity contribution in [1.29, 1.82) is 0 Å². The molecule has 1 aromatic heterocycles. The van der Waals surface area contributed by atoms with Gasteiger partial charge in [-0.15, -0.1) is 0 Å². The molecule has 2 aromatic carbocycles. The number of imidazole rings is 1. The molecule has 170 valence electrons. The number of fused-ring (bicyclic) bond motifs is 1. The van der Waals surface area contributed by atoms with Crippen molar-refractivity contribution in [3.05, 3.63) is 54.4 Å². The first kappa shape index (κ1) is 22.1. The van der Waals surface area contributed by atoms with E-state index >= 15 is 0 Å². The zero-order valence-electron chi connectivity index (χ0n) is 19.1. The Balaban J connectivity index is 1.56. The van der Waals surface area contributed by atoms with E-state index in [4.69, 9.17) is 14.5 Å². The predicted molar refractivity (Wildman–Crippen MR) is 123 cm³/mol. The van der Waals surface area contributed by atoms with Crippen molar-refractivity contribution < 1.29 is 19.4 Å². The molecule has 0 spiro atoms. The molecule has 0 unspecified atom stereocenters. The number of carbonyl (C=O) groups is 1. The molecule has 1 N–H and O–H groups in total. The lowest BCUT2D eigenvalue weighted by Crippen LogP contribution is -2.42. The molecule has 0 saturated carbocycles. The van der Waals surface area contributed by atoms with Crippen LogP contribution in [0.5, 0.6) is 11.5 Å². The van der Waals surface area contributed by atoms with Crippen LogP contribution in [0.1, 0.15) is 38.9 Å². The number of nitrogens with zero attached hydrogens (tertiary/aromatic N) is 3. The van der Waals surface area contributed by atoms with Crippen molar-refractivity contribution in [1.82, 2.24) is 14.5 Å². The van der Waals surface area contributed by atoms with Crippen molar-refractivity contribution in [2.75, 3.05) is 20.3 Å².